The van der Waals surface area contributed by atoms with Crippen molar-refractivity contribution in [1.29, 1.82) is 0 Å². The van der Waals surface area contributed by atoms with Crippen molar-refractivity contribution >= 4 is 52.1 Å². The first-order chi connectivity index (χ1) is 21.3. The monoisotopic (exact) mass is 643 g/mol. The van der Waals surface area contributed by atoms with Gasteiger partial charge in [-0.2, -0.15) is 13.2 Å². The number of piperazine rings is 1. The lowest BCUT2D eigenvalue weighted by Crippen LogP contribution is -2.44. The normalized spacial score (nSPS) is 14.6. The zero-order chi connectivity index (χ0) is 32.7. The molecule has 238 valence electrons. The van der Waals surface area contributed by atoms with E-state index < -0.39 is 23.7 Å². The maximum atomic E-state index is 13.1. The minimum Gasteiger partial charge on any atom is -0.384 e. The lowest BCUT2D eigenvalue weighted by molar-refractivity contribution is -0.137. The molecule has 0 atom stereocenters. The summed E-state index contributed by atoms with van der Waals surface area (Å²) in [6, 6.07) is 15.2. The van der Waals surface area contributed by atoms with Crippen LogP contribution in [0.25, 0.3) is 0 Å². The van der Waals surface area contributed by atoms with Crippen molar-refractivity contribution in [1.82, 2.24) is 15.2 Å². The second kappa shape index (κ2) is 14.3. The summed E-state index contributed by atoms with van der Waals surface area (Å²) in [5, 5.41) is 5.24. The molecule has 3 amide bonds. The lowest BCUT2D eigenvalue weighted by atomic mass is 10.1. The fourth-order valence-corrected chi connectivity index (χ4v) is 4.57. The number of hydrogen-bond acceptors (Lipinski definition) is 7. The molecule has 1 fully saturated rings. The summed E-state index contributed by atoms with van der Waals surface area (Å²) in [5.74, 6) is 5.06. The number of urea groups is 1. The summed E-state index contributed by atoms with van der Waals surface area (Å²) in [4.78, 5) is 35.7. The summed E-state index contributed by atoms with van der Waals surface area (Å²) in [6.07, 6.45) is -3.22. The molecule has 3 aromatic rings. The summed E-state index contributed by atoms with van der Waals surface area (Å²) in [5.41, 5.74) is 9.39. The summed E-state index contributed by atoms with van der Waals surface area (Å²) < 4.78 is 39.2. The molecule has 1 heterocycles. The van der Waals surface area contributed by atoms with Crippen LogP contribution in [-0.4, -0.2) is 67.8 Å². The highest BCUT2D eigenvalue weighted by molar-refractivity contribution is 6.33. The van der Waals surface area contributed by atoms with Gasteiger partial charge in [-0.15, -0.1) is 0 Å². The molecule has 1 saturated heterocycles. The van der Waals surface area contributed by atoms with Gasteiger partial charge in [0.15, 0.2) is 0 Å². The van der Waals surface area contributed by atoms with E-state index in [1.807, 2.05) is 24.3 Å². The SMILES string of the molecule is CN1CCN(c2ccc(N=C(N)/C=C(\NN)N(C)C(=O)Nc3cc(NC(=O)c4cccc(C(F)(F)F)c4)ccc3Cl)cc2)CC1. The minimum absolute atomic E-state index is 0.0762. The molecule has 0 aromatic heterocycles. The van der Waals surface area contributed by atoms with Crippen molar-refractivity contribution in [2.75, 3.05) is 55.8 Å². The third kappa shape index (κ3) is 8.88. The molecule has 1 aliphatic heterocycles. The Morgan fingerprint density at radius 1 is 1.00 bits per heavy atom. The zero-order valence-corrected chi connectivity index (χ0v) is 25.3. The number of nitrogens with zero attached hydrogens (tertiary/aromatic N) is 4. The first-order valence-electron chi connectivity index (χ1n) is 13.7. The molecule has 0 aliphatic carbocycles. The van der Waals surface area contributed by atoms with Crippen LogP contribution in [0.4, 0.5) is 40.7 Å². The molecule has 3 aromatic carbocycles. The number of likely N-dealkylation sites (N-methyl/N-ethyl adjacent to an activating group) is 1. The van der Waals surface area contributed by atoms with E-state index in [1.165, 1.54) is 37.4 Å². The van der Waals surface area contributed by atoms with Crippen molar-refractivity contribution in [3.63, 3.8) is 0 Å². The second-order valence-corrected chi connectivity index (χ2v) is 10.6. The lowest BCUT2D eigenvalue weighted by Gasteiger charge is -2.34. The number of halogens is 4. The van der Waals surface area contributed by atoms with E-state index in [-0.39, 0.29) is 33.6 Å². The predicted molar refractivity (Wildman–Crippen MR) is 170 cm³/mol. The minimum atomic E-state index is -4.60. The van der Waals surface area contributed by atoms with Gasteiger partial charge in [-0.1, -0.05) is 17.7 Å². The van der Waals surface area contributed by atoms with Crippen LogP contribution < -0.4 is 32.5 Å². The number of amidine groups is 1. The van der Waals surface area contributed by atoms with Crippen LogP contribution in [0.2, 0.25) is 5.02 Å². The molecule has 0 unspecified atom stereocenters. The Bertz CT molecular complexity index is 1590. The smallest absolute Gasteiger partial charge is 0.384 e. The second-order valence-electron chi connectivity index (χ2n) is 10.2. The third-order valence-electron chi connectivity index (χ3n) is 6.99. The van der Waals surface area contributed by atoms with Gasteiger partial charge < -0.3 is 31.6 Å². The number of nitrogens with two attached hydrogens (primary N) is 2. The number of anilines is 3. The number of rotatable bonds is 8. The number of hydrogen-bond donors (Lipinski definition) is 5. The van der Waals surface area contributed by atoms with Crippen LogP contribution >= 0.6 is 11.6 Å². The molecule has 0 radical (unpaired) electrons. The molecule has 4 rings (SSSR count). The van der Waals surface area contributed by atoms with E-state index in [2.05, 4.69) is 37.9 Å². The van der Waals surface area contributed by atoms with E-state index in [4.69, 9.17) is 23.2 Å². The van der Waals surface area contributed by atoms with E-state index >= 15 is 0 Å². The first-order valence-corrected chi connectivity index (χ1v) is 14.1. The third-order valence-corrected chi connectivity index (χ3v) is 7.32. The van der Waals surface area contributed by atoms with Crippen molar-refractivity contribution < 1.29 is 22.8 Å². The van der Waals surface area contributed by atoms with Gasteiger partial charge in [0.2, 0.25) is 0 Å². The molecule has 45 heavy (non-hydrogen) atoms. The van der Waals surface area contributed by atoms with Gasteiger partial charge in [-0.05, 0) is 67.7 Å². The van der Waals surface area contributed by atoms with Crippen molar-refractivity contribution in [3.05, 3.63) is 94.8 Å². The van der Waals surface area contributed by atoms with Crippen molar-refractivity contribution in [2.45, 2.75) is 6.18 Å². The Morgan fingerprint density at radius 2 is 1.69 bits per heavy atom. The van der Waals surface area contributed by atoms with Gasteiger partial charge in [0.25, 0.3) is 5.91 Å². The number of aliphatic imine (C=N–C) groups is 1. The topological polar surface area (TPSA) is 144 Å². The number of benzene rings is 3. The maximum Gasteiger partial charge on any atom is 0.416 e. The largest absolute Gasteiger partial charge is 0.416 e. The number of alkyl halides is 3. The van der Waals surface area contributed by atoms with Crippen LogP contribution in [0, 0.1) is 0 Å². The number of carbonyl (C=O) groups is 2. The Kier molecular flexibility index (Phi) is 10.5. The van der Waals surface area contributed by atoms with E-state index in [0.717, 1.165) is 55.0 Å². The van der Waals surface area contributed by atoms with Gasteiger partial charge in [0.1, 0.15) is 11.7 Å². The van der Waals surface area contributed by atoms with Crippen LogP contribution in [0.3, 0.4) is 0 Å². The van der Waals surface area contributed by atoms with E-state index in [0.29, 0.717) is 5.69 Å². The standard InChI is InChI=1S/C30H33ClF3N9O2/c1-41-12-14-43(15-13-41)23-9-6-21(7-10-23)37-26(35)18-27(40-36)42(2)29(45)39-25-17-22(8-11-24(25)31)38-28(44)19-4-3-5-20(16-19)30(32,33)34/h3-11,16-18,40H,12-15,36H2,1-2H3,(H2,35,37)(H,38,44)(H,39,45)/b27-18+. The van der Waals surface area contributed by atoms with Crippen LogP contribution in [-0.2, 0) is 6.18 Å². The van der Waals surface area contributed by atoms with Crippen LogP contribution in [0.1, 0.15) is 15.9 Å². The fourth-order valence-electron chi connectivity index (χ4n) is 4.41. The van der Waals surface area contributed by atoms with Crippen LogP contribution in [0.5, 0.6) is 0 Å². The Balaban J connectivity index is 1.41. The Hall–Kier alpha value is -4.79. The molecule has 1 aliphatic rings. The summed E-state index contributed by atoms with van der Waals surface area (Å²) in [7, 11) is 3.52. The van der Waals surface area contributed by atoms with Gasteiger partial charge in [-0.25, -0.2) is 15.6 Å². The molecule has 0 spiro atoms. The first kappa shape index (κ1) is 33.1. The zero-order valence-electron chi connectivity index (χ0n) is 24.5. The van der Waals surface area contributed by atoms with Gasteiger partial charge in [0.05, 0.1) is 22.0 Å². The fraction of sp³-hybridized carbons (Fsp3) is 0.233. The van der Waals surface area contributed by atoms with Gasteiger partial charge in [0, 0.05) is 56.2 Å². The van der Waals surface area contributed by atoms with Crippen molar-refractivity contribution in [3.8, 4) is 0 Å². The highest BCUT2D eigenvalue weighted by Crippen LogP contribution is 2.30. The Morgan fingerprint density at radius 3 is 2.33 bits per heavy atom. The number of hydrazine groups is 1. The van der Waals surface area contributed by atoms with Crippen molar-refractivity contribution in [2.24, 2.45) is 16.6 Å². The van der Waals surface area contributed by atoms with E-state index in [1.54, 1.807) is 0 Å². The average Bonchev–Trinajstić information content (AvgIpc) is 3.01. The molecule has 0 saturated carbocycles. The summed E-state index contributed by atoms with van der Waals surface area (Å²) >= 11 is 6.25. The maximum absolute atomic E-state index is 13.1. The number of amides is 3. The summed E-state index contributed by atoms with van der Waals surface area (Å²) in [6.45, 7) is 3.86. The molecule has 7 N–H and O–H groups in total. The number of nitrogens with one attached hydrogen (secondary N) is 3. The molecular formula is C30H33ClF3N9O2. The van der Waals surface area contributed by atoms with Gasteiger partial charge in [-0.3, -0.25) is 9.69 Å². The van der Waals surface area contributed by atoms with E-state index in [9.17, 15) is 22.8 Å². The molecule has 15 heteroatoms. The predicted octanol–water partition coefficient (Wildman–Crippen LogP) is 4.82. The number of carbonyl (C=O) groups excluding carboxylic acids is 2. The Labute approximate surface area is 263 Å². The van der Waals surface area contributed by atoms with Crippen LogP contribution in [0.15, 0.2) is 83.6 Å². The molecule has 11 nitrogen and oxygen atoms in total. The van der Waals surface area contributed by atoms with Gasteiger partial charge >= 0.3 is 12.2 Å². The molecule has 0 bridgehead atoms. The highest BCUT2D eigenvalue weighted by atomic mass is 35.5. The quantitative estimate of drug-likeness (QED) is 0.102. The molecular weight excluding hydrogens is 611 g/mol. The highest BCUT2D eigenvalue weighted by Gasteiger charge is 2.31. The average molecular weight is 644 g/mol.